The maximum atomic E-state index is 13.3. The first-order valence-corrected chi connectivity index (χ1v) is 6.66. The largest absolute Gasteiger partial charge is 0.419 e. The van der Waals surface area contributed by atoms with Crippen molar-refractivity contribution in [1.82, 2.24) is 9.36 Å². The quantitative estimate of drug-likeness (QED) is 0.616. The fraction of sp³-hybridized carbons (Fsp3) is 0.200. The predicted molar refractivity (Wildman–Crippen MR) is 62.1 cm³/mol. The SMILES string of the molecule is CSc1nc(-c2ccc(C(F)(F)F)c(F)c2)ns1. The molecule has 0 aliphatic heterocycles. The molecule has 0 fully saturated rings. The zero-order chi connectivity index (χ0) is 13.3. The number of rotatable bonds is 2. The average molecular weight is 294 g/mol. The Morgan fingerprint density at radius 1 is 1.28 bits per heavy atom. The standard InChI is InChI=1S/C10H6F4N2S2/c1-17-9-15-8(16-18-9)5-2-3-6(7(11)4-5)10(12,13)14/h2-4H,1H3. The van der Waals surface area contributed by atoms with Gasteiger partial charge in [-0.25, -0.2) is 9.37 Å². The van der Waals surface area contributed by atoms with Crippen LogP contribution in [0.2, 0.25) is 0 Å². The fourth-order valence-electron chi connectivity index (χ4n) is 1.29. The van der Waals surface area contributed by atoms with Crippen molar-refractivity contribution in [2.75, 3.05) is 6.26 Å². The number of halogens is 4. The third-order valence-corrected chi connectivity index (χ3v) is 3.79. The minimum absolute atomic E-state index is 0.233. The van der Waals surface area contributed by atoms with E-state index in [2.05, 4.69) is 9.36 Å². The summed E-state index contributed by atoms with van der Waals surface area (Å²) in [5.41, 5.74) is -1.05. The Labute approximate surface area is 108 Å². The molecule has 1 aromatic carbocycles. The number of thioether (sulfide) groups is 1. The lowest BCUT2D eigenvalue weighted by molar-refractivity contribution is -0.139. The third-order valence-electron chi connectivity index (χ3n) is 2.11. The van der Waals surface area contributed by atoms with E-state index in [0.717, 1.165) is 23.7 Å². The predicted octanol–water partition coefficient (Wildman–Crippen LogP) is 4.08. The molecule has 2 nitrogen and oxygen atoms in total. The van der Waals surface area contributed by atoms with Gasteiger partial charge in [0.15, 0.2) is 10.2 Å². The van der Waals surface area contributed by atoms with Gasteiger partial charge in [-0.05, 0) is 29.9 Å². The van der Waals surface area contributed by atoms with Crippen molar-refractivity contribution in [2.24, 2.45) is 0 Å². The zero-order valence-corrected chi connectivity index (χ0v) is 10.6. The van der Waals surface area contributed by atoms with Crippen molar-refractivity contribution in [1.29, 1.82) is 0 Å². The Bertz CT molecular complexity index is 565. The van der Waals surface area contributed by atoms with Crippen molar-refractivity contribution >= 4 is 23.3 Å². The van der Waals surface area contributed by atoms with Crippen LogP contribution in [0.5, 0.6) is 0 Å². The molecule has 96 valence electrons. The molecule has 0 bridgehead atoms. The van der Waals surface area contributed by atoms with Crippen molar-refractivity contribution < 1.29 is 17.6 Å². The van der Waals surface area contributed by atoms with Crippen LogP contribution in [0.15, 0.2) is 22.5 Å². The molecular weight excluding hydrogens is 288 g/mol. The zero-order valence-electron chi connectivity index (χ0n) is 8.95. The summed E-state index contributed by atoms with van der Waals surface area (Å²) < 4.78 is 55.1. The summed E-state index contributed by atoms with van der Waals surface area (Å²) in [5.74, 6) is -1.09. The number of alkyl halides is 3. The number of hydrogen-bond donors (Lipinski definition) is 0. The molecule has 1 heterocycles. The van der Waals surface area contributed by atoms with E-state index >= 15 is 0 Å². The molecule has 0 N–H and O–H groups in total. The number of benzene rings is 1. The Kier molecular flexibility index (Phi) is 3.58. The molecule has 1 aromatic heterocycles. The van der Waals surface area contributed by atoms with E-state index in [1.807, 2.05) is 0 Å². The van der Waals surface area contributed by atoms with Gasteiger partial charge >= 0.3 is 6.18 Å². The molecule has 0 spiro atoms. The lowest BCUT2D eigenvalue weighted by Gasteiger charge is -2.08. The van der Waals surface area contributed by atoms with Crippen LogP contribution < -0.4 is 0 Å². The van der Waals surface area contributed by atoms with E-state index < -0.39 is 17.6 Å². The minimum Gasteiger partial charge on any atom is -0.208 e. The van der Waals surface area contributed by atoms with E-state index in [-0.39, 0.29) is 11.4 Å². The highest BCUT2D eigenvalue weighted by atomic mass is 32.2. The van der Waals surface area contributed by atoms with Crippen LogP contribution in [0.1, 0.15) is 5.56 Å². The van der Waals surface area contributed by atoms with Gasteiger partial charge in [-0.15, -0.1) is 0 Å². The van der Waals surface area contributed by atoms with Crippen LogP contribution in [0.25, 0.3) is 11.4 Å². The third kappa shape index (κ3) is 2.64. The van der Waals surface area contributed by atoms with E-state index in [1.165, 1.54) is 11.8 Å². The molecule has 0 saturated carbocycles. The van der Waals surface area contributed by atoms with Crippen molar-refractivity contribution in [3.05, 3.63) is 29.6 Å². The summed E-state index contributed by atoms with van der Waals surface area (Å²) in [6.45, 7) is 0. The molecule has 2 rings (SSSR count). The second-order valence-corrected chi connectivity index (χ2v) is 5.09. The molecule has 0 radical (unpaired) electrons. The summed E-state index contributed by atoms with van der Waals surface area (Å²) in [4.78, 5) is 4.05. The monoisotopic (exact) mass is 294 g/mol. The molecule has 2 aromatic rings. The Balaban J connectivity index is 2.40. The van der Waals surface area contributed by atoms with Crippen LogP contribution in [-0.2, 0) is 6.18 Å². The van der Waals surface area contributed by atoms with Gasteiger partial charge in [0.1, 0.15) is 5.82 Å². The van der Waals surface area contributed by atoms with Crippen LogP contribution in [0.3, 0.4) is 0 Å². The smallest absolute Gasteiger partial charge is 0.208 e. The molecule has 0 saturated heterocycles. The summed E-state index contributed by atoms with van der Waals surface area (Å²) >= 11 is 2.48. The second-order valence-electron chi connectivity index (χ2n) is 3.28. The van der Waals surface area contributed by atoms with Crippen molar-refractivity contribution in [3.63, 3.8) is 0 Å². The van der Waals surface area contributed by atoms with Gasteiger partial charge in [0, 0.05) is 5.56 Å². The fourth-order valence-corrected chi connectivity index (χ4v) is 2.32. The minimum atomic E-state index is -4.69. The molecule has 8 heteroatoms. The van der Waals surface area contributed by atoms with Crippen molar-refractivity contribution in [3.8, 4) is 11.4 Å². The molecule has 0 aliphatic carbocycles. The number of aromatic nitrogens is 2. The Morgan fingerprint density at radius 3 is 2.50 bits per heavy atom. The maximum absolute atomic E-state index is 13.3. The van der Waals surface area contributed by atoms with Crippen LogP contribution in [0, 0.1) is 5.82 Å². The summed E-state index contributed by atoms with van der Waals surface area (Å²) in [7, 11) is 0. The molecular formula is C10H6F4N2S2. The summed E-state index contributed by atoms with van der Waals surface area (Å²) in [6, 6.07) is 2.66. The molecule has 0 amide bonds. The maximum Gasteiger partial charge on any atom is 0.419 e. The van der Waals surface area contributed by atoms with Crippen molar-refractivity contribution in [2.45, 2.75) is 10.5 Å². The number of nitrogens with zero attached hydrogens (tertiary/aromatic N) is 2. The van der Waals surface area contributed by atoms with Gasteiger partial charge in [0.2, 0.25) is 0 Å². The highest BCUT2D eigenvalue weighted by molar-refractivity contribution is 8.00. The van der Waals surface area contributed by atoms with Gasteiger partial charge in [-0.1, -0.05) is 17.8 Å². The number of hydrogen-bond acceptors (Lipinski definition) is 4. The van der Waals surface area contributed by atoms with Gasteiger partial charge in [0.25, 0.3) is 0 Å². The first kappa shape index (κ1) is 13.3. The van der Waals surface area contributed by atoms with E-state index in [4.69, 9.17) is 0 Å². The van der Waals surface area contributed by atoms with Crippen LogP contribution in [-0.4, -0.2) is 15.6 Å². The second kappa shape index (κ2) is 4.85. The molecule has 18 heavy (non-hydrogen) atoms. The molecule has 0 aliphatic rings. The van der Waals surface area contributed by atoms with Crippen LogP contribution >= 0.6 is 23.3 Å². The molecule has 0 unspecified atom stereocenters. The van der Waals surface area contributed by atoms with E-state index in [9.17, 15) is 17.6 Å². The Morgan fingerprint density at radius 2 is 2.00 bits per heavy atom. The van der Waals surface area contributed by atoms with Gasteiger partial charge < -0.3 is 0 Å². The highest BCUT2D eigenvalue weighted by Gasteiger charge is 2.34. The highest BCUT2D eigenvalue weighted by Crippen LogP contribution is 2.33. The topological polar surface area (TPSA) is 25.8 Å². The lowest BCUT2D eigenvalue weighted by atomic mass is 10.1. The first-order chi connectivity index (χ1) is 8.41. The van der Waals surface area contributed by atoms with Crippen LogP contribution in [0.4, 0.5) is 17.6 Å². The van der Waals surface area contributed by atoms with E-state index in [0.29, 0.717) is 10.4 Å². The van der Waals surface area contributed by atoms with Gasteiger partial charge in [0.05, 0.1) is 5.56 Å². The summed E-state index contributed by atoms with van der Waals surface area (Å²) in [5, 5.41) is 0. The lowest BCUT2D eigenvalue weighted by Crippen LogP contribution is -2.07. The summed E-state index contributed by atoms with van der Waals surface area (Å²) in [6.07, 6.45) is -2.89. The molecule has 0 atom stereocenters. The first-order valence-electron chi connectivity index (χ1n) is 4.66. The normalized spacial score (nSPS) is 11.8. The van der Waals surface area contributed by atoms with Gasteiger partial charge in [-0.3, -0.25) is 0 Å². The van der Waals surface area contributed by atoms with E-state index in [1.54, 1.807) is 6.26 Å². The van der Waals surface area contributed by atoms with Gasteiger partial charge in [-0.2, -0.15) is 17.5 Å². The average Bonchev–Trinajstić information content (AvgIpc) is 2.75. The Hall–Kier alpha value is -1.15.